The zero-order valence-electron chi connectivity index (χ0n) is 28.1. The summed E-state index contributed by atoms with van der Waals surface area (Å²) in [5, 5.41) is 19.5. The van der Waals surface area contributed by atoms with Gasteiger partial charge in [0, 0.05) is 51.8 Å². The predicted molar refractivity (Wildman–Crippen MR) is 187 cm³/mol. The zero-order chi connectivity index (χ0) is 34.1. The molecular formula is C36H48ClN5O7. The van der Waals surface area contributed by atoms with Gasteiger partial charge in [0.2, 0.25) is 11.8 Å². The summed E-state index contributed by atoms with van der Waals surface area (Å²) in [6.07, 6.45) is 6.00. The van der Waals surface area contributed by atoms with E-state index in [-0.39, 0.29) is 56.2 Å². The third-order valence-electron chi connectivity index (χ3n) is 9.71. The van der Waals surface area contributed by atoms with Gasteiger partial charge in [0.05, 0.1) is 5.60 Å². The van der Waals surface area contributed by atoms with Crippen molar-refractivity contribution in [2.45, 2.75) is 75.1 Å². The average molecular weight is 698 g/mol. The number of piperazine rings is 1. The third-order valence-corrected chi connectivity index (χ3v) is 9.71. The van der Waals surface area contributed by atoms with Gasteiger partial charge >= 0.3 is 6.09 Å². The number of halogens is 1. The molecule has 4 N–H and O–H groups in total. The average Bonchev–Trinajstić information content (AvgIpc) is 3.09. The Kier molecular flexibility index (Phi) is 13.1. The molecule has 12 nitrogen and oxygen atoms in total. The van der Waals surface area contributed by atoms with Gasteiger partial charge in [0.1, 0.15) is 29.7 Å². The SMILES string of the molecule is C=CCOC(=O)NCCN1C(=O)[C@@H](CC2(O)CCCCC2)NC(=O)C12CCN(Cc1ccc(Oc3ccc(C(=O)NC)cc3)cc1)CC2.Cl. The first-order chi connectivity index (χ1) is 23.1. The minimum atomic E-state index is -1.04. The molecule has 2 aliphatic heterocycles. The molecule has 266 valence electrons. The molecule has 0 bridgehead atoms. The second kappa shape index (κ2) is 17.0. The first-order valence-electron chi connectivity index (χ1n) is 16.8. The maximum absolute atomic E-state index is 14.0. The quantitative estimate of drug-likeness (QED) is 0.244. The molecule has 1 spiro atoms. The van der Waals surface area contributed by atoms with Crippen LogP contribution in [0.25, 0.3) is 0 Å². The second-order valence-electron chi connectivity index (χ2n) is 13.0. The molecular weight excluding hydrogens is 650 g/mol. The van der Waals surface area contributed by atoms with Crippen LogP contribution in [0.4, 0.5) is 4.79 Å². The minimum Gasteiger partial charge on any atom is -0.457 e. The summed E-state index contributed by atoms with van der Waals surface area (Å²) in [6, 6.07) is 13.9. The summed E-state index contributed by atoms with van der Waals surface area (Å²) in [7, 11) is 1.59. The summed E-state index contributed by atoms with van der Waals surface area (Å²) in [5.41, 5.74) is -0.384. The van der Waals surface area contributed by atoms with Crippen molar-refractivity contribution in [1.29, 1.82) is 0 Å². The topological polar surface area (TPSA) is 150 Å². The lowest BCUT2D eigenvalue weighted by Crippen LogP contribution is -2.74. The number of hydrogen-bond donors (Lipinski definition) is 4. The van der Waals surface area contributed by atoms with Gasteiger partial charge in [-0.05, 0) is 67.6 Å². The van der Waals surface area contributed by atoms with E-state index >= 15 is 0 Å². The van der Waals surface area contributed by atoms with Crippen LogP contribution in [0.3, 0.4) is 0 Å². The molecule has 0 unspecified atom stereocenters. The molecule has 5 rings (SSSR count). The Bertz CT molecular complexity index is 1460. The number of rotatable bonds is 12. The Labute approximate surface area is 294 Å². The molecule has 13 heteroatoms. The van der Waals surface area contributed by atoms with E-state index < -0.39 is 23.3 Å². The van der Waals surface area contributed by atoms with Gasteiger partial charge in [-0.1, -0.05) is 44.1 Å². The molecule has 2 saturated heterocycles. The van der Waals surface area contributed by atoms with Gasteiger partial charge in [0.25, 0.3) is 5.91 Å². The Hall–Kier alpha value is -4.13. The lowest BCUT2D eigenvalue weighted by atomic mass is 9.77. The molecule has 2 aromatic rings. The van der Waals surface area contributed by atoms with E-state index in [0.717, 1.165) is 24.8 Å². The molecule has 0 radical (unpaired) electrons. The van der Waals surface area contributed by atoms with Crippen LogP contribution in [-0.4, -0.2) is 95.7 Å². The van der Waals surface area contributed by atoms with E-state index in [4.69, 9.17) is 9.47 Å². The summed E-state index contributed by atoms with van der Waals surface area (Å²) >= 11 is 0. The van der Waals surface area contributed by atoms with Gasteiger partial charge < -0.3 is 35.4 Å². The molecule has 2 heterocycles. The Morgan fingerprint density at radius 3 is 2.24 bits per heavy atom. The number of ether oxygens (including phenoxy) is 2. The van der Waals surface area contributed by atoms with Crippen LogP contribution >= 0.6 is 12.4 Å². The number of piperidine rings is 1. The molecule has 1 aliphatic carbocycles. The number of alkyl carbamates (subject to hydrolysis) is 1. The summed E-state index contributed by atoms with van der Waals surface area (Å²) in [4.78, 5) is 55.6. The monoisotopic (exact) mass is 697 g/mol. The van der Waals surface area contributed by atoms with Gasteiger partial charge in [-0.15, -0.1) is 12.4 Å². The maximum atomic E-state index is 14.0. The Morgan fingerprint density at radius 2 is 1.63 bits per heavy atom. The van der Waals surface area contributed by atoms with E-state index in [9.17, 15) is 24.3 Å². The molecule has 3 fully saturated rings. The number of hydrogen-bond acceptors (Lipinski definition) is 8. The summed E-state index contributed by atoms with van der Waals surface area (Å²) < 4.78 is 11.0. The Morgan fingerprint density at radius 1 is 1.00 bits per heavy atom. The van der Waals surface area contributed by atoms with Crippen molar-refractivity contribution < 1.29 is 33.8 Å². The fourth-order valence-electron chi connectivity index (χ4n) is 7.04. The first-order valence-corrected chi connectivity index (χ1v) is 16.8. The highest BCUT2D eigenvalue weighted by atomic mass is 35.5. The van der Waals surface area contributed by atoms with Gasteiger partial charge in [-0.3, -0.25) is 19.3 Å². The number of carbonyl (C=O) groups is 4. The number of nitrogens with one attached hydrogen (secondary N) is 3. The summed E-state index contributed by atoms with van der Waals surface area (Å²) in [5.74, 6) is 0.717. The van der Waals surface area contributed by atoms with E-state index in [2.05, 4.69) is 27.4 Å². The maximum Gasteiger partial charge on any atom is 0.407 e. The van der Waals surface area contributed by atoms with Crippen molar-refractivity contribution in [3.63, 3.8) is 0 Å². The van der Waals surface area contributed by atoms with Crippen LogP contribution in [0.1, 0.15) is 67.3 Å². The van der Waals surface area contributed by atoms with Gasteiger partial charge in [-0.25, -0.2) is 4.79 Å². The van der Waals surface area contributed by atoms with Crippen LogP contribution in [0.5, 0.6) is 11.5 Å². The van der Waals surface area contributed by atoms with E-state index in [0.29, 0.717) is 62.4 Å². The van der Waals surface area contributed by atoms with Crippen molar-refractivity contribution in [1.82, 2.24) is 25.8 Å². The third kappa shape index (κ3) is 9.31. The van der Waals surface area contributed by atoms with Crippen molar-refractivity contribution in [3.8, 4) is 11.5 Å². The second-order valence-corrected chi connectivity index (χ2v) is 13.0. The van der Waals surface area contributed by atoms with E-state index in [1.54, 1.807) is 36.2 Å². The Balaban J connectivity index is 0.00000541. The normalized spacial score (nSPS) is 20.0. The van der Waals surface area contributed by atoms with Crippen LogP contribution < -0.4 is 20.7 Å². The molecule has 2 aromatic carbocycles. The lowest BCUT2D eigenvalue weighted by molar-refractivity contribution is -0.163. The highest BCUT2D eigenvalue weighted by molar-refractivity contribution is 6.00. The van der Waals surface area contributed by atoms with E-state index in [1.807, 2.05) is 24.3 Å². The summed E-state index contributed by atoms with van der Waals surface area (Å²) in [6.45, 7) is 5.75. The van der Waals surface area contributed by atoms with Gasteiger partial charge in [-0.2, -0.15) is 0 Å². The number of benzene rings is 2. The fourth-order valence-corrected chi connectivity index (χ4v) is 7.04. The standard InChI is InChI=1S/C36H47N5O7.ClH/c1-3-23-47-34(45)38-19-22-41-32(43)30(24-35(46)15-5-4-6-16-35)39-33(44)36(41)17-20-40(21-18-36)25-26-7-11-28(12-8-26)48-29-13-9-27(10-14-29)31(42)37-2;/h3,7-14,30,46H,1,4-6,15-25H2,2H3,(H,37,42)(H,38,45)(H,39,44);1H/t30-;/m1./s1. The van der Waals surface area contributed by atoms with Crippen LogP contribution in [0.2, 0.25) is 0 Å². The highest BCUT2D eigenvalue weighted by Crippen LogP contribution is 2.37. The van der Waals surface area contributed by atoms with Crippen LogP contribution in [0.15, 0.2) is 61.2 Å². The first kappa shape index (κ1) is 37.7. The number of aliphatic hydroxyl groups is 1. The number of amides is 4. The molecule has 1 saturated carbocycles. The van der Waals surface area contributed by atoms with Crippen molar-refractivity contribution in [3.05, 3.63) is 72.3 Å². The zero-order valence-corrected chi connectivity index (χ0v) is 28.9. The number of likely N-dealkylation sites (tertiary alicyclic amines) is 1. The highest BCUT2D eigenvalue weighted by Gasteiger charge is 2.54. The number of nitrogens with zero attached hydrogens (tertiary/aromatic N) is 2. The smallest absolute Gasteiger partial charge is 0.407 e. The molecule has 1 atom stereocenters. The molecule has 3 aliphatic rings. The van der Waals surface area contributed by atoms with Crippen LogP contribution in [0, 0.1) is 0 Å². The minimum absolute atomic E-state index is 0. The molecule has 4 amide bonds. The van der Waals surface area contributed by atoms with Crippen molar-refractivity contribution >= 4 is 36.2 Å². The largest absolute Gasteiger partial charge is 0.457 e. The van der Waals surface area contributed by atoms with E-state index in [1.165, 1.54) is 6.08 Å². The van der Waals surface area contributed by atoms with Crippen molar-refractivity contribution in [2.24, 2.45) is 0 Å². The lowest BCUT2D eigenvalue weighted by Gasteiger charge is -2.52. The molecule has 0 aromatic heterocycles. The fraction of sp³-hybridized carbons (Fsp3) is 0.500. The number of carbonyl (C=O) groups excluding carboxylic acids is 4. The van der Waals surface area contributed by atoms with Crippen molar-refractivity contribution in [2.75, 3.05) is 39.8 Å². The molecule has 49 heavy (non-hydrogen) atoms. The van der Waals surface area contributed by atoms with Gasteiger partial charge in [0.15, 0.2) is 0 Å². The predicted octanol–water partition coefficient (Wildman–Crippen LogP) is 3.92. The van der Waals surface area contributed by atoms with Crippen LogP contribution in [-0.2, 0) is 20.9 Å².